The molecule has 0 unspecified atom stereocenters. The van der Waals surface area contributed by atoms with Crippen molar-refractivity contribution in [2.24, 2.45) is 0 Å². The zero-order valence-electron chi connectivity index (χ0n) is 13.3. The van der Waals surface area contributed by atoms with Crippen molar-refractivity contribution in [3.05, 3.63) is 64.3 Å². The molecule has 3 aromatic rings. The molecular weight excluding hydrogens is 308 g/mol. The highest BCUT2D eigenvalue weighted by molar-refractivity contribution is 5.90. The van der Waals surface area contributed by atoms with Gasteiger partial charge in [0.25, 0.3) is 11.4 Å². The quantitative estimate of drug-likeness (QED) is 0.794. The zero-order chi connectivity index (χ0) is 17.1. The van der Waals surface area contributed by atoms with Crippen LogP contribution >= 0.6 is 0 Å². The smallest absolute Gasteiger partial charge is 0.259 e. The first kappa shape index (κ1) is 15.7. The third-order valence-electron chi connectivity index (χ3n) is 3.41. The van der Waals surface area contributed by atoms with Gasteiger partial charge in [-0.05, 0) is 32.0 Å². The van der Waals surface area contributed by atoms with Crippen LogP contribution in [0.5, 0.6) is 0 Å². The predicted molar refractivity (Wildman–Crippen MR) is 88.5 cm³/mol. The molecule has 1 amide bonds. The Morgan fingerprint density at radius 3 is 2.58 bits per heavy atom. The van der Waals surface area contributed by atoms with Crippen LogP contribution < -0.4 is 10.9 Å². The van der Waals surface area contributed by atoms with E-state index in [4.69, 9.17) is 4.52 Å². The van der Waals surface area contributed by atoms with Crippen molar-refractivity contribution in [2.75, 3.05) is 5.32 Å². The van der Waals surface area contributed by atoms with E-state index < -0.39 is 0 Å². The molecule has 0 aliphatic carbocycles. The van der Waals surface area contributed by atoms with Crippen LogP contribution in [0.15, 0.2) is 51.9 Å². The second-order valence-electron chi connectivity index (χ2n) is 5.44. The van der Waals surface area contributed by atoms with E-state index in [9.17, 15) is 9.59 Å². The van der Waals surface area contributed by atoms with Gasteiger partial charge in [0.05, 0.1) is 5.56 Å². The molecule has 0 aliphatic heterocycles. The number of hydrogen-bond donors (Lipinski definition) is 1. The molecule has 1 N–H and O–H groups in total. The largest absolute Gasteiger partial charge is 0.334 e. The highest BCUT2D eigenvalue weighted by Crippen LogP contribution is 2.15. The van der Waals surface area contributed by atoms with Crippen molar-refractivity contribution < 1.29 is 9.32 Å². The molecule has 122 valence electrons. The minimum absolute atomic E-state index is 0.104. The minimum Gasteiger partial charge on any atom is -0.334 e. The van der Waals surface area contributed by atoms with E-state index in [1.807, 2.05) is 31.2 Å². The number of carbonyl (C=O) groups is 1. The fraction of sp³-hybridized carbons (Fsp3) is 0.176. The maximum Gasteiger partial charge on any atom is 0.259 e. The molecule has 0 bridgehead atoms. The molecule has 2 heterocycles. The topological polar surface area (TPSA) is 90.0 Å². The van der Waals surface area contributed by atoms with E-state index in [-0.39, 0.29) is 18.0 Å². The number of anilines is 1. The molecule has 0 saturated carbocycles. The summed E-state index contributed by atoms with van der Waals surface area (Å²) in [4.78, 5) is 28.2. The molecule has 3 rings (SSSR count). The fourth-order valence-electron chi connectivity index (χ4n) is 2.19. The first-order valence-corrected chi connectivity index (χ1v) is 7.39. The van der Waals surface area contributed by atoms with E-state index >= 15 is 0 Å². The van der Waals surface area contributed by atoms with Gasteiger partial charge in [0.15, 0.2) is 5.82 Å². The molecule has 7 nitrogen and oxygen atoms in total. The lowest BCUT2D eigenvalue weighted by molar-refractivity contribution is -0.116. The van der Waals surface area contributed by atoms with Crippen molar-refractivity contribution in [3.8, 4) is 11.5 Å². The van der Waals surface area contributed by atoms with Gasteiger partial charge < -0.3 is 14.4 Å². The Morgan fingerprint density at radius 2 is 1.92 bits per heavy atom. The average molecular weight is 324 g/mol. The molecule has 0 spiro atoms. The monoisotopic (exact) mass is 324 g/mol. The lowest BCUT2D eigenvalue weighted by Crippen LogP contribution is -2.26. The molecule has 0 radical (unpaired) electrons. The molecule has 0 fully saturated rings. The van der Waals surface area contributed by atoms with Crippen molar-refractivity contribution in [1.29, 1.82) is 0 Å². The van der Waals surface area contributed by atoms with Gasteiger partial charge >= 0.3 is 0 Å². The number of rotatable bonds is 4. The first-order chi connectivity index (χ1) is 11.5. The van der Waals surface area contributed by atoms with Crippen molar-refractivity contribution >= 4 is 11.6 Å². The number of pyridine rings is 1. The van der Waals surface area contributed by atoms with Gasteiger partial charge in [0, 0.05) is 18.0 Å². The van der Waals surface area contributed by atoms with Gasteiger partial charge in [0.2, 0.25) is 5.91 Å². The second kappa shape index (κ2) is 6.49. The summed E-state index contributed by atoms with van der Waals surface area (Å²) in [6.45, 7) is 3.57. The standard InChI is InChI=1S/C17H16N4O3/c1-11-3-6-14(7-4-11)19-15(22)10-21-9-13(5-8-16(21)23)17-18-12(2)20-24-17/h3-9H,10H2,1-2H3,(H,19,22). The van der Waals surface area contributed by atoms with E-state index in [1.54, 1.807) is 13.0 Å². The highest BCUT2D eigenvalue weighted by atomic mass is 16.5. The summed E-state index contributed by atoms with van der Waals surface area (Å²) in [5.41, 5.74) is 2.08. The second-order valence-corrected chi connectivity index (χ2v) is 5.44. The number of carbonyl (C=O) groups excluding carboxylic acids is 1. The Balaban J connectivity index is 1.77. The molecular formula is C17H16N4O3. The van der Waals surface area contributed by atoms with Crippen LogP contribution in [-0.2, 0) is 11.3 Å². The Morgan fingerprint density at radius 1 is 1.17 bits per heavy atom. The van der Waals surface area contributed by atoms with Gasteiger partial charge in [-0.1, -0.05) is 22.9 Å². The first-order valence-electron chi connectivity index (χ1n) is 7.39. The van der Waals surface area contributed by atoms with E-state index in [0.29, 0.717) is 23.0 Å². The van der Waals surface area contributed by atoms with Crippen LogP contribution in [0, 0.1) is 13.8 Å². The lowest BCUT2D eigenvalue weighted by Gasteiger charge is -2.08. The van der Waals surface area contributed by atoms with E-state index in [1.165, 1.54) is 16.8 Å². The summed E-state index contributed by atoms with van der Waals surface area (Å²) >= 11 is 0. The number of nitrogens with zero attached hydrogens (tertiary/aromatic N) is 3. The van der Waals surface area contributed by atoms with Crippen LogP contribution in [0.25, 0.3) is 11.5 Å². The number of hydrogen-bond acceptors (Lipinski definition) is 5. The highest BCUT2D eigenvalue weighted by Gasteiger charge is 2.10. The van der Waals surface area contributed by atoms with Gasteiger partial charge in [-0.3, -0.25) is 9.59 Å². The Labute approximate surface area is 137 Å². The van der Waals surface area contributed by atoms with Crippen LogP contribution in [-0.4, -0.2) is 20.6 Å². The third kappa shape index (κ3) is 3.57. The van der Waals surface area contributed by atoms with Gasteiger partial charge in [-0.15, -0.1) is 0 Å². The zero-order valence-corrected chi connectivity index (χ0v) is 13.3. The Bertz CT molecular complexity index is 926. The number of amides is 1. The molecule has 7 heteroatoms. The van der Waals surface area contributed by atoms with Gasteiger partial charge in [-0.2, -0.15) is 4.98 Å². The van der Waals surface area contributed by atoms with Gasteiger partial charge in [0.1, 0.15) is 6.54 Å². The predicted octanol–water partition coefficient (Wildman–Crippen LogP) is 2.15. The van der Waals surface area contributed by atoms with Crippen molar-refractivity contribution in [2.45, 2.75) is 20.4 Å². The summed E-state index contributed by atoms with van der Waals surface area (Å²) in [5.74, 6) is 0.514. The Kier molecular flexibility index (Phi) is 4.24. The average Bonchev–Trinajstić information content (AvgIpc) is 2.98. The number of aromatic nitrogens is 3. The molecule has 2 aromatic heterocycles. The summed E-state index contributed by atoms with van der Waals surface area (Å²) in [6.07, 6.45) is 1.53. The molecule has 0 atom stereocenters. The molecule has 0 aliphatic rings. The molecule has 0 saturated heterocycles. The van der Waals surface area contributed by atoms with E-state index in [2.05, 4.69) is 15.5 Å². The van der Waals surface area contributed by atoms with Gasteiger partial charge in [-0.25, -0.2) is 0 Å². The lowest BCUT2D eigenvalue weighted by atomic mass is 10.2. The van der Waals surface area contributed by atoms with Crippen LogP contribution in [0.4, 0.5) is 5.69 Å². The number of aryl methyl sites for hydroxylation is 2. The maximum absolute atomic E-state index is 12.1. The molecule has 24 heavy (non-hydrogen) atoms. The summed E-state index contributed by atoms with van der Waals surface area (Å²) in [6, 6.07) is 10.4. The van der Waals surface area contributed by atoms with Crippen LogP contribution in [0.1, 0.15) is 11.4 Å². The summed E-state index contributed by atoms with van der Waals surface area (Å²) in [5, 5.41) is 6.47. The van der Waals surface area contributed by atoms with Crippen LogP contribution in [0.3, 0.4) is 0 Å². The minimum atomic E-state index is -0.292. The number of nitrogens with one attached hydrogen (secondary N) is 1. The van der Waals surface area contributed by atoms with Crippen molar-refractivity contribution in [3.63, 3.8) is 0 Å². The van der Waals surface area contributed by atoms with Crippen molar-refractivity contribution in [1.82, 2.24) is 14.7 Å². The molecule has 1 aromatic carbocycles. The Hall–Kier alpha value is -3.22. The van der Waals surface area contributed by atoms with Crippen LogP contribution in [0.2, 0.25) is 0 Å². The maximum atomic E-state index is 12.1. The summed E-state index contributed by atoms with van der Waals surface area (Å²) in [7, 11) is 0. The third-order valence-corrected chi connectivity index (χ3v) is 3.41. The normalized spacial score (nSPS) is 10.6. The SMILES string of the molecule is Cc1ccc(NC(=O)Cn2cc(-c3nc(C)no3)ccc2=O)cc1. The summed E-state index contributed by atoms with van der Waals surface area (Å²) < 4.78 is 6.38. The fourth-order valence-corrected chi connectivity index (χ4v) is 2.19. The number of benzene rings is 1. The van der Waals surface area contributed by atoms with E-state index in [0.717, 1.165) is 5.56 Å².